The monoisotopic (exact) mass is 433 g/mol. The molecule has 4 aromatic rings. The van der Waals surface area contributed by atoms with Crippen LogP contribution in [-0.4, -0.2) is 15.6 Å². The molecule has 1 aliphatic carbocycles. The van der Waals surface area contributed by atoms with Crippen LogP contribution >= 0.6 is 0 Å². The number of carbonyl (C=O) groups is 1. The van der Waals surface area contributed by atoms with Gasteiger partial charge < -0.3 is 5.32 Å². The predicted molar refractivity (Wildman–Crippen MR) is 129 cm³/mol. The van der Waals surface area contributed by atoms with Crippen molar-refractivity contribution in [2.24, 2.45) is 0 Å². The summed E-state index contributed by atoms with van der Waals surface area (Å²) in [7, 11) is 0. The molecule has 2 heterocycles. The minimum atomic E-state index is -0.393. The topological polar surface area (TPSA) is 66.9 Å². The lowest BCUT2D eigenvalue weighted by molar-refractivity contribution is -0.116. The quantitative estimate of drug-likeness (QED) is 0.471. The smallest absolute Gasteiger partial charge is 0.277 e. The van der Waals surface area contributed by atoms with E-state index in [0.717, 1.165) is 34.5 Å². The molecule has 5 heteroatoms. The zero-order valence-corrected chi connectivity index (χ0v) is 18.0. The highest BCUT2D eigenvalue weighted by molar-refractivity contribution is 6.01. The molecule has 1 aromatic heterocycles. The summed E-state index contributed by atoms with van der Waals surface area (Å²) in [5, 5.41) is 6.71. The number of para-hydroxylation sites is 1. The molecule has 0 radical (unpaired) electrons. The molecule has 0 fully saturated rings. The Morgan fingerprint density at radius 3 is 2.00 bits per heavy atom. The van der Waals surface area contributed by atoms with Gasteiger partial charge in [0.15, 0.2) is 5.78 Å². The van der Waals surface area contributed by atoms with E-state index in [1.807, 2.05) is 78.9 Å². The van der Waals surface area contributed by atoms with Gasteiger partial charge in [-0.15, -0.1) is 0 Å². The summed E-state index contributed by atoms with van der Waals surface area (Å²) in [4.78, 5) is 27.2. The van der Waals surface area contributed by atoms with Crippen molar-refractivity contribution in [1.82, 2.24) is 9.78 Å². The number of hydrogen-bond acceptors (Lipinski definition) is 3. The van der Waals surface area contributed by atoms with Crippen molar-refractivity contribution in [2.45, 2.75) is 24.7 Å². The van der Waals surface area contributed by atoms with E-state index in [9.17, 15) is 9.59 Å². The lowest BCUT2D eigenvalue weighted by Crippen LogP contribution is -2.32. The number of aromatic nitrogens is 2. The van der Waals surface area contributed by atoms with Crippen molar-refractivity contribution >= 4 is 11.6 Å². The van der Waals surface area contributed by atoms with E-state index in [1.165, 1.54) is 0 Å². The molecule has 0 saturated heterocycles. The molecule has 5 nitrogen and oxygen atoms in total. The number of anilines is 1. The van der Waals surface area contributed by atoms with Crippen LogP contribution in [0.15, 0.2) is 107 Å². The van der Waals surface area contributed by atoms with Crippen molar-refractivity contribution in [2.75, 3.05) is 5.32 Å². The summed E-state index contributed by atoms with van der Waals surface area (Å²) in [6.07, 6.45) is 1.17. The molecule has 2 N–H and O–H groups in total. The molecular formula is C28H23N3O2. The minimum absolute atomic E-state index is 0.101. The van der Waals surface area contributed by atoms with Gasteiger partial charge in [-0.1, -0.05) is 78.9 Å². The Morgan fingerprint density at radius 2 is 1.33 bits per heavy atom. The van der Waals surface area contributed by atoms with Crippen LogP contribution < -0.4 is 10.9 Å². The Kier molecular flexibility index (Phi) is 4.61. The predicted octanol–water partition coefficient (Wildman–Crippen LogP) is 5.12. The standard InChI is InChI=1S/C28H23N3O2/c32-23-17-20(18-10-4-1-5-11-18)16-22-25(23)24(19-12-6-2-7-13-19)26-27(29-22)30-31(28(26)33)21-14-8-3-9-15-21/h1-15,20,24,29-30H,16-17H2. The van der Waals surface area contributed by atoms with E-state index in [4.69, 9.17) is 0 Å². The summed E-state index contributed by atoms with van der Waals surface area (Å²) in [5.74, 6) is 0.489. The number of aromatic amines is 1. The summed E-state index contributed by atoms with van der Waals surface area (Å²) in [5.41, 5.74) is 4.96. The van der Waals surface area contributed by atoms with Crippen LogP contribution in [0.25, 0.3) is 5.69 Å². The zero-order valence-electron chi connectivity index (χ0n) is 18.0. The first-order chi connectivity index (χ1) is 16.2. The van der Waals surface area contributed by atoms with E-state index in [1.54, 1.807) is 4.68 Å². The van der Waals surface area contributed by atoms with Gasteiger partial charge in [0.25, 0.3) is 5.56 Å². The average molecular weight is 434 g/mol. The molecule has 6 rings (SSSR count). The van der Waals surface area contributed by atoms with Crippen molar-refractivity contribution in [3.63, 3.8) is 0 Å². The summed E-state index contributed by atoms with van der Waals surface area (Å²) in [6, 6.07) is 29.6. The Labute approximate surface area is 191 Å². The number of nitrogens with one attached hydrogen (secondary N) is 2. The number of rotatable bonds is 3. The zero-order chi connectivity index (χ0) is 22.4. The van der Waals surface area contributed by atoms with Gasteiger partial charge in [0, 0.05) is 23.6 Å². The maximum atomic E-state index is 13.6. The van der Waals surface area contributed by atoms with E-state index in [-0.39, 0.29) is 17.3 Å². The molecule has 33 heavy (non-hydrogen) atoms. The second-order valence-electron chi connectivity index (χ2n) is 8.68. The molecule has 2 atom stereocenters. The first-order valence-corrected chi connectivity index (χ1v) is 11.2. The molecule has 2 aliphatic rings. The van der Waals surface area contributed by atoms with E-state index >= 15 is 0 Å². The largest absolute Gasteiger partial charge is 0.343 e. The number of hydrogen-bond donors (Lipinski definition) is 2. The highest BCUT2D eigenvalue weighted by atomic mass is 16.1. The molecule has 162 valence electrons. The Balaban J connectivity index is 1.51. The van der Waals surface area contributed by atoms with E-state index < -0.39 is 5.92 Å². The first kappa shape index (κ1) is 19.6. The van der Waals surface area contributed by atoms with Crippen molar-refractivity contribution in [3.8, 4) is 5.69 Å². The SMILES string of the molecule is O=C1CC(c2ccccc2)CC2=C1C(c1ccccc1)c1c([nH]n(-c3ccccc3)c1=O)N2. The maximum Gasteiger partial charge on any atom is 0.277 e. The highest BCUT2D eigenvalue weighted by Crippen LogP contribution is 2.46. The molecule has 1 aliphatic heterocycles. The maximum absolute atomic E-state index is 13.6. The molecule has 0 spiro atoms. The van der Waals surface area contributed by atoms with Gasteiger partial charge in [-0.3, -0.25) is 14.7 Å². The van der Waals surface area contributed by atoms with Crippen molar-refractivity contribution in [3.05, 3.63) is 129 Å². The number of carbonyl (C=O) groups excluding carboxylic acids is 1. The molecular weight excluding hydrogens is 410 g/mol. The van der Waals surface area contributed by atoms with Gasteiger partial charge in [0.2, 0.25) is 0 Å². The fourth-order valence-electron chi connectivity index (χ4n) is 5.19. The van der Waals surface area contributed by atoms with Crippen LogP contribution in [0.4, 0.5) is 5.82 Å². The number of H-pyrrole nitrogens is 1. The van der Waals surface area contributed by atoms with Crippen LogP contribution in [0.2, 0.25) is 0 Å². The van der Waals surface area contributed by atoms with E-state index in [0.29, 0.717) is 17.8 Å². The van der Waals surface area contributed by atoms with Gasteiger partial charge >= 0.3 is 0 Å². The summed E-state index contributed by atoms with van der Waals surface area (Å²) in [6.45, 7) is 0. The van der Waals surface area contributed by atoms with Crippen LogP contribution in [0.5, 0.6) is 0 Å². The fourth-order valence-corrected chi connectivity index (χ4v) is 5.19. The van der Waals surface area contributed by atoms with Crippen LogP contribution in [0, 0.1) is 0 Å². The molecule has 3 aromatic carbocycles. The third-order valence-corrected chi connectivity index (χ3v) is 6.71. The molecule has 0 amide bonds. The first-order valence-electron chi connectivity index (χ1n) is 11.2. The third kappa shape index (κ3) is 3.24. The number of Topliss-reactive ketones (excluding diaryl/α,β-unsaturated/α-hetero) is 1. The average Bonchev–Trinajstić information content (AvgIpc) is 3.20. The summed E-state index contributed by atoms with van der Waals surface area (Å²) >= 11 is 0. The van der Waals surface area contributed by atoms with E-state index in [2.05, 4.69) is 22.5 Å². The van der Waals surface area contributed by atoms with Crippen LogP contribution in [0.1, 0.15) is 41.4 Å². The number of ketones is 1. The van der Waals surface area contributed by atoms with Crippen molar-refractivity contribution < 1.29 is 4.79 Å². The molecule has 0 bridgehead atoms. The minimum Gasteiger partial charge on any atom is -0.343 e. The van der Waals surface area contributed by atoms with Crippen LogP contribution in [0.3, 0.4) is 0 Å². The van der Waals surface area contributed by atoms with Gasteiger partial charge in [-0.25, -0.2) is 4.68 Å². The van der Waals surface area contributed by atoms with Crippen molar-refractivity contribution in [1.29, 1.82) is 0 Å². The third-order valence-electron chi connectivity index (χ3n) is 6.71. The molecule has 2 unspecified atom stereocenters. The lowest BCUT2D eigenvalue weighted by atomic mass is 9.73. The van der Waals surface area contributed by atoms with Crippen LogP contribution in [-0.2, 0) is 4.79 Å². The molecule has 0 saturated carbocycles. The van der Waals surface area contributed by atoms with Gasteiger partial charge in [-0.05, 0) is 35.6 Å². The number of nitrogens with zero attached hydrogens (tertiary/aromatic N) is 1. The Morgan fingerprint density at radius 1 is 0.727 bits per heavy atom. The lowest BCUT2D eigenvalue weighted by Gasteiger charge is -2.34. The van der Waals surface area contributed by atoms with Gasteiger partial charge in [-0.2, -0.15) is 0 Å². The highest BCUT2D eigenvalue weighted by Gasteiger charge is 2.41. The summed E-state index contributed by atoms with van der Waals surface area (Å²) < 4.78 is 1.56. The normalized spacial score (nSPS) is 19.6. The second kappa shape index (κ2) is 7.78. The van der Waals surface area contributed by atoms with Gasteiger partial charge in [0.1, 0.15) is 5.82 Å². The number of allylic oxidation sites excluding steroid dienone is 2. The number of fused-ring (bicyclic) bond motifs is 1. The van der Waals surface area contributed by atoms with Gasteiger partial charge in [0.05, 0.1) is 11.3 Å². The Bertz CT molecular complexity index is 1420. The second-order valence-corrected chi connectivity index (χ2v) is 8.68. The Hall–Kier alpha value is -4.12. The fraction of sp³-hybridized carbons (Fsp3) is 0.143. The number of benzene rings is 3.